The van der Waals surface area contributed by atoms with Gasteiger partial charge in [0.05, 0.1) is 16.4 Å². The molecule has 28 heavy (non-hydrogen) atoms. The third kappa shape index (κ3) is 4.55. The van der Waals surface area contributed by atoms with Crippen LogP contribution in [0.25, 0.3) is 0 Å². The number of likely N-dealkylation sites (N-methyl/N-ethyl adjacent to an activating group) is 1. The van der Waals surface area contributed by atoms with Crippen molar-refractivity contribution < 1.29 is 18.1 Å². The Morgan fingerprint density at radius 3 is 2.43 bits per heavy atom. The molecule has 8 nitrogen and oxygen atoms in total. The number of carbonyl (C=O) groups is 1. The number of hydrogen-bond acceptors (Lipinski definition) is 5. The van der Waals surface area contributed by atoms with Crippen molar-refractivity contribution in [1.29, 1.82) is 0 Å². The summed E-state index contributed by atoms with van der Waals surface area (Å²) in [5.41, 5.74) is 0.663. The third-order valence-electron chi connectivity index (χ3n) is 4.60. The van der Waals surface area contributed by atoms with Crippen LogP contribution >= 0.6 is 0 Å². The number of amides is 1. The van der Waals surface area contributed by atoms with Gasteiger partial charge >= 0.3 is 0 Å². The topological polar surface area (TPSA) is 101 Å². The van der Waals surface area contributed by atoms with Gasteiger partial charge in [-0.25, -0.2) is 8.42 Å². The van der Waals surface area contributed by atoms with Gasteiger partial charge in [0.1, 0.15) is 0 Å². The van der Waals surface area contributed by atoms with E-state index >= 15 is 0 Å². The zero-order chi connectivity index (χ0) is 20.3. The number of non-ortho nitro benzene ring substituents is 1. The van der Waals surface area contributed by atoms with Crippen LogP contribution in [0.5, 0.6) is 0 Å². The lowest BCUT2D eigenvalue weighted by molar-refractivity contribution is -0.385. The SMILES string of the molecule is CN(CC(=O)N(Cc1ccccc1)C1CC1)S(=O)(=O)c1cccc([N+](=O)[O-])c1. The quantitative estimate of drug-likeness (QED) is 0.498. The Hall–Kier alpha value is -2.78. The molecule has 0 bridgehead atoms. The fraction of sp³-hybridized carbons (Fsp3) is 0.316. The summed E-state index contributed by atoms with van der Waals surface area (Å²) in [5.74, 6) is -0.289. The van der Waals surface area contributed by atoms with Crippen LogP contribution in [0, 0.1) is 10.1 Å². The summed E-state index contributed by atoms with van der Waals surface area (Å²) in [5, 5.41) is 10.9. The van der Waals surface area contributed by atoms with Crippen molar-refractivity contribution in [1.82, 2.24) is 9.21 Å². The standard InChI is InChI=1S/C19H21N3O5S/c1-20(28(26,27)18-9-5-8-17(12-18)22(24)25)14-19(23)21(16-10-11-16)13-15-6-3-2-4-7-15/h2-9,12,16H,10-11,13-14H2,1H3. The van der Waals surface area contributed by atoms with Crippen LogP contribution in [-0.4, -0.2) is 48.1 Å². The van der Waals surface area contributed by atoms with E-state index in [9.17, 15) is 23.3 Å². The fourth-order valence-corrected chi connectivity index (χ4v) is 4.05. The molecule has 0 radical (unpaired) electrons. The smallest absolute Gasteiger partial charge is 0.270 e. The molecular weight excluding hydrogens is 382 g/mol. The van der Waals surface area contributed by atoms with Crippen molar-refractivity contribution >= 4 is 21.6 Å². The minimum Gasteiger partial charge on any atom is -0.334 e. The molecule has 0 saturated heterocycles. The van der Waals surface area contributed by atoms with Crippen molar-refractivity contribution in [2.45, 2.75) is 30.3 Å². The van der Waals surface area contributed by atoms with Gasteiger partial charge in [-0.15, -0.1) is 0 Å². The number of nitro benzene ring substituents is 1. The summed E-state index contributed by atoms with van der Waals surface area (Å²) < 4.78 is 26.4. The van der Waals surface area contributed by atoms with Crippen LogP contribution in [0.2, 0.25) is 0 Å². The molecule has 9 heteroatoms. The Balaban J connectivity index is 1.74. The van der Waals surface area contributed by atoms with E-state index in [0.29, 0.717) is 6.54 Å². The summed E-state index contributed by atoms with van der Waals surface area (Å²) in [6, 6.07) is 14.5. The minimum atomic E-state index is -4.02. The van der Waals surface area contributed by atoms with Crippen LogP contribution in [0.1, 0.15) is 18.4 Å². The average Bonchev–Trinajstić information content (AvgIpc) is 3.52. The predicted molar refractivity (Wildman–Crippen MR) is 103 cm³/mol. The van der Waals surface area contributed by atoms with Crippen molar-refractivity contribution in [2.75, 3.05) is 13.6 Å². The summed E-state index contributed by atoms with van der Waals surface area (Å²) in [7, 11) is -2.72. The molecular formula is C19H21N3O5S. The lowest BCUT2D eigenvalue weighted by atomic mass is 10.2. The van der Waals surface area contributed by atoms with E-state index < -0.39 is 14.9 Å². The van der Waals surface area contributed by atoms with Crippen LogP contribution in [0.4, 0.5) is 5.69 Å². The van der Waals surface area contributed by atoms with Crippen LogP contribution in [0.3, 0.4) is 0 Å². The summed E-state index contributed by atoms with van der Waals surface area (Å²) in [4.78, 5) is 24.6. The zero-order valence-electron chi connectivity index (χ0n) is 15.4. The molecule has 1 aliphatic carbocycles. The molecule has 1 fully saturated rings. The molecule has 0 atom stereocenters. The molecule has 0 unspecified atom stereocenters. The number of rotatable bonds is 8. The highest BCUT2D eigenvalue weighted by Crippen LogP contribution is 2.29. The van der Waals surface area contributed by atoms with Crippen molar-refractivity contribution in [3.63, 3.8) is 0 Å². The van der Waals surface area contributed by atoms with Crippen molar-refractivity contribution in [3.8, 4) is 0 Å². The first kappa shape index (κ1) is 20.0. The summed E-state index contributed by atoms with van der Waals surface area (Å²) in [6.07, 6.45) is 1.81. The minimum absolute atomic E-state index is 0.127. The second kappa shape index (κ2) is 8.07. The number of benzene rings is 2. The Labute approximate surface area is 163 Å². The van der Waals surface area contributed by atoms with E-state index in [0.717, 1.165) is 28.8 Å². The highest BCUT2D eigenvalue weighted by molar-refractivity contribution is 7.89. The van der Waals surface area contributed by atoms with Crippen molar-refractivity contribution in [2.24, 2.45) is 0 Å². The fourth-order valence-electron chi connectivity index (χ4n) is 2.89. The molecule has 1 aliphatic rings. The van der Waals surface area contributed by atoms with E-state index in [2.05, 4.69) is 0 Å². The number of nitrogens with zero attached hydrogens (tertiary/aromatic N) is 3. The lowest BCUT2D eigenvalue weighted by Gasteiger charge is -2.25. The second-order valence-corrected chi connectivity index (χ2v) is 8.80. The molecule has 2 aromatic carbocycles. The van der Waals surface area contributed by atoms with Crippen LogP contribution < -0.4 is 0 Å². The highest BCUT2D eigenvalue weighted by Gasteiger charge is 2.34. The van der Waals surface area contributed by atoms with E-state index in [1.165, 1.54) is 25.2 Å². The largest absolute Gasteiger partial charge is 0.334 e. The normalized spacial score (nSPS) is 14.1. The zero-order valence-corrected chi connectivity index (χ0v) is 16.2. The van der Waals surface area contributed by atoms with E-state index in [1.54, 1.807) is 4.90 Å². The maximum atomic E-state index is 12.8. The maximum Gasteiger partial charge on any atom is 0.270 e. The molecule has 0 aliphatic heterocycles. The molecule has 3 rings (SSSR count). The lowest BCUT2D eigenvalue weighted by Crippen LogP contribution is -2.41. The molecule has 1 amide bonds. The molecule has 0 heterocycles. The van der Waals surface area contributed by atoms with Gasteiger partial charge in [-0.05, 0) is 24.5 Å². The van der Waals surface area contributed by atoms with E-state index in [1.807, 2.05) is 30.3 Å². The van der Waals surface area contributed by atoms with Gasteiger partial charge in [-0.3, -0.25) is 14.9 Å². The Morgan fingerprint density at radius 1 is 1.14 bits per heavy atom. The van der Waals surface area contributed by atoms with Gasteiger partial charge in [0.15, 0.2) is 0 Å². The first-order valence-electron chi connectivity index (χ1n) is 8.83. The first-order chi connectivity index (χ1) is 13.3. The van der Waals surface area contributed by atoms with Gasteiger partial charge in [-0.1, -0.05) is 36.4 Å². The van der Waals surface area contributed by atoms with Crippen LogP contribution in [0.15, 0.2) is 59.5 Å². The van der Waals surface area contributed by atoms with Gasteiger partial charge < -0.3 is 4.90 Å². The molecule has 1 saturated carbocycles. The Bertz CT molecular complexity index is 974. The second-order valence-electron chi connectivity index (χ2n) is 6.75. The van der Waals surface area contributed by atoms with E-state index in [-0.39, 0.29) is 29.1 Å². The predicted octanol–water partition coefficient (Wildman–Crippen LogP) is 2.41. The third-order valence-corrected chi connectivity index (χ3v) is 6.40. The summed E-state index contributed by atoms with van der Waals surface area (Å²) in [6.45, 7) is 0.101. The highest BCUT2D eigenvalue weighted by atomic mass is 32.2. The first-order valence-corrected chi connectivity index (χ1v) is 10.3. The Kier molecular flexibility index (Phi) is 5.76. The van der Waals surface area contributed by atoms with Gasteiger partial charge in [0, 0.05) is 31.8 Å². The monoisotopic (exact) mass is 403 g/mol. The number of carbonyl (C=O) groups excluding carboxylic acids is 1. The molecule has 0 N–H and O–H groups in total. The maximum absolute atomic E-state index is 12.8. The van der Waals surface area contributed by atoms with Gasteiger partial charge in [0.2, 0.25) is 15.9 Å². The van der Waals surface area contributed by atoms with E-state index in [4.69, 9.17) is 0 Å². The van der Waals surface area contributed by atoms with Gasteiger partial charge in [0.25, 0.3) is 5.69 Å². The van der Waals surface area contributed by atoms with Crippen LogP contribution in [-0.2, 0) is 21.4 Å². The Morgan fingerprint density at radius 2 is 1.82 bits per heavy atom. The molecule has 2 aromatic rings. The number of nitro groups is 1. The molecule has 0 aromatic heterocycles. The van der Waals surface area contributed by atoms with Crippen molar-refractivity contribution in [3.05, 3.63) is 70.3 Å². The average molecular weight is 403 g/mol. The molecule has 0 spiro atoms. The molecule has 148 valence electrons. The summed E-state index contributed by atoms with van der Waals surface area (Å²) >= 11 is 0. The number of sulfonamides is 1. The van der Waals surface area contributed by atoms with Gasteiger partial charge in [-0.2, -0.15) is 4.31 Å². The number of hydrogen-bond donors (Lipinski definition) is 0.